The fourth-order valence-corrected chi connectivity index (χ4v) is 6.55. The lowest BCUT2D eigenvalue weighted by molar-refractivity contribution is -0.123. The van der Waals surface area contributed by atoms with Gasteiger partial charge in [0.15, 0.2) is 0 Å². The molecule has 3 aromatic rings. The highest BCUT2D eigenvalue weighted by Crippen LogP contribution is 2.64. The lowest BCUT2D eigenvalue weighted by Crippen LogP contribution is -2.51. The summed E-state index contributed by atoms with van der Waals surface area (Å²) in [5.41, 5.74) is 4.94. The minimum absolute atomic E-state index is 0.0674. The van der Waals surface area contributed by atoms with Gasteiger partial charge in [-0.1, -0.05) is 61.5 Å². The van der Waals surface area contributed by atoms with E-state index >= 15 is 0 Å². The number of carbonyl (C=O) groups excluding carboxylic acids is 2. The summed E-state index contributed by atoms with van der Waals surface area (Å²) in [5.74, 6) is -0.933. The number of anilines is 1. The zero-order valence-corrected chi connectivity index (χ0v) is 18.0. The Labute approximate surface area is 182 Å². The minimum Gasteiger partial charge on any atom is -0.274 e. The minimum atomic E-state index is -0.504. The van der Waals surface area contributed by atoms with E-state index in [9.17, 15) is 9.59 Å². The quantitative estimate of drug-likeness (QED) is 0.360. The van der Waals surface area contributed by atoms with E-state index in [0.29, 0.717) is 5.69 Å². The molecule has 1 aliphatic heterocycles. The summed E-state index contributed by atoms with van der Waals surface area (Å²) in [6.45, 7) is 2.15. The predicted molar refractivity (Wildman–Crippen MR) is 120 cm³/mol. The first-order chi connectivity index (χ1) is 14.0. The van der Waals surface area contributed by atoms with Gasteiger partial charge in [-0.05, 0) is 63.0 Å². The first-order valence-corrected chi connectivity index (χ1v) is 10.9. The van der Waals surface area contributed by atoms with Crippen molar-refractivity contribution >= 4 is 40.1 Å². The molecule has 2 atom stereocenters. The summed E-state index contributed by atoms with van der Waals surface area (Å²) in [4.78, 5) is 28.9. The van der Waals surface area contributed by atoms with Crippen LogP contribution in [0.3, 0.4) is 0 Å². The first-order valence-electron chi connectivity index (χ1n) is 9.85. The zero-order valence-electron chi connectivity index (χ0n) is 15.8. The van der Waals surface area contributed by atoms with Gasteiger partial charge in [-0.25, -0.2) is 4.90 Å². The molecule has 2 amide bonds. The maximum Gasteiger partial charge on any atom is 0.238 e. The molecule has 29 heavy (non-hydrogen) atoms. The van der Waals surface area contributed by atoms with Crippen LogP contribution >= 0.6 is 22.6 Å². The molecule has 1 heterocycles. The molecular formula is C25H18INO2. The molecule has 7 rings (SSSR count). The molecule has 0 unspecified atom stereocenters. The smallest absolute Gasteiger partial charge is 0.238 e. The maximum atomic E-state index is 13.8. The molecule has 3 nitrogen and oxygen atoms in total. The van der Waals surface area contributed by atoms with Gasteiger partial charge < -0.3 is 0 Å². The van der Waals surface area contributed by atoms with E-state index in [1.165, 1.54) is 27.2 Å². The highest BCUT2D eigenvalue weighted by Gasteiger charge is 2.66. The van der Waals surface area contributed by atoms with Crippen LogP contribution in [0, 0.1) is 15.4 Å². The monoisotopic (exact) mass is 491 g/mol. The fourth-order valence-electron chi connectivity index (χ4n) is 6.02. The summed E-state index contributed by atoms with van der Waals surface area (Å²) >= 11 is 2.22. The maximum absolute atomic E-state index is 13.8. The second-order valence-corrected chi connectivity index (χ2v) is 9.60. The summed E-state index contributed by atoms with van der Waals surface area (Å²) in [5, 5.41) is 0. The number of benzene rings is 3. The van der Waals surface area contributed by atoms with E-state index in [2.05, 4.69) is 53.8 Å². The summed E-state index contributed by atoms with van der Waals surface area (Å²) < 4.78 is 1.01. The van der Waals surface area contributed by atoms with Crippen molar-refractivity contribution < 1.29 is 9.59 Å². The van der Waals surface area contributed by atoms with Crippen molar-refractivity contribution in [1.82, 2.24) is 0 Å². The number of nitrogens with zero attached hydrogens (tertiary/aromatic N) is 1. The van der Waals surface area contributed by atoms with Gasteiger partial charge >= 0.3 is 0 Å². The fraction of sp³-hybridized carbons (Fsp3) is 0.200. The van der Waals surface area contributed by atoms with Crippen molar-refractivity contribution in [1.29, 1.82) is 0 Å². The average molecular weight is 491 g/mol. The molecule has 0 aromatic heterocycles. The Kier molecular flexibility index (Phi) is 3.47. The number of amides is 2. The third-order valence-electron chi connectivity index (χ3n) is 7.11. The van der Waals surface area contributed by atoms with Crippen LogP contribution in [-0.4, -0.2) is 11.8 Å². The molecule has 1 saturated heterocycles. The molecule has 0 radical (unpaired) electrons. The van der Waals surface area contributed by atoms with Crippen molar-refractivity contribution in [2.24, 2.45) is 11.8 Å². The van der Waals surface area contributed by atoms with Crippen LogP contribution in [0.2, 0.25) is 0 Å². The van der Waals surface area contributed by atoms with Crippen molar-refractivity contribution in [3.63, 3.8) is 0 Å². The van der Waals surface area contributed by atoms with Crippen molar-refractivity contribution in [2.45, 2.75) is 18.3 Å². The Hall–Kier alpha value is -2.47. The van der Waals surface area contributed by atoms with Gasteiger partial charge in [0, 0.05) is 14.9 Å². The number of halogens is 1. The van der Waals surface area contributed by atoms with Crippen LogP contribution < -0.4 is 4.90 Å². The van der Waals surface area contributed by atoms with Gasteiger partial charge in [0.2, 0.25) is 11.8 Å². The standard InChI is InChI=1S/C25H18INO2/c1-25-18-11-4-2-9-16(18)20(17-10-3-5-12-19(17)25)21-22(25)24(29)27(23(21)28)15-8-6-7-14(26)13-15/h2-13,20-22H,1H3/t20?,21-,22+,25?/m0/s1. The Morgan fingerprint density at radius 2 is 1.45 bits per heavy atom. The normalized spacial score (nSPS) is 28.9. The van der Waals surface area contributed by atoms with Gasteiger partial charge in [-0.15, -0.1) is 0 Å². The van der Waals surface area contributed by atoms with E-state index < -0.39 is 5.41 Å². The highest BCUT2D eigenvalue weighted by molar-refractivity contribution is 14.1. The Morgan fingerprint density at radius 1 is 0.828 bits per heavy atom. The molecule has 2 bridgehead atoms. The van der Waals surface area contributed by atoms with Crippen molar-refractivity contribution in [3.8, 4) is 0 Å². The Morgan fingerprint density at radius 3 is 2.07 bits per heavy atom. The molecule has 142 valence electrons. The van der Waals surface area contributed by atoms with E-state index in [1.54, 1.807) is 0 Å². The molecule has 4 heteroatoms. The Bertz CT molecular complexity index is 1170. The van der Waals surface area contributed by atoms with Crippen LogP contribution in [-0.2, 0) is 15.0 Å². The van der Waals surface area contributed by atoms with Gasteiger partial charge in [-0.2, -0.15) is 0 Å². The number of carbonyl (C=O) groups is 2. The molecule has 0 saturated carbocycles. The second-order valence-electron chi connectivity index (χ2n) is 8.35. The molecule has 4 aliphatic rings. The molecular weight excluding hydrogens is 473 g/mol. The number of imide groups is 1. The summed E-state index contributed by atoms with van der Waals surface area (Å²) in [6.07, 6.45) is 0. The highest BCUT2D eigenvalue weighted by atomic mass is 127. The molecule has 0 spiro atoms. The van der Waals surface area contributed by atoms with Crippen LogP contribution in [0.4, 0.5) is 5.69 Å². The Balaban J connectivity index is 1.63. The first kappa shape index (κ1) is 17.4. The lowest BCUT2D eigenvalue weighted by atomic mass is 9.48. The average Bonchev–Trinajstić information content (AvgIpc) is 3.00. The van der Waals surface area contributed by atoms with Gasteiger partial charge in [0.1, 0.15) is 0 Å². The van der Waals surface area contributed by atoms with Crippen molar-refractivity contribution in [2.75, 3.05) is 4.90 Å². The third-order valence-corrected chi connectivity index (χ3v) is 7.78. The van der Waals surface area contributed by atoms with Crippen molar-refractivity contribution in [3.05, 3.63) is 98.6 Å². The third kappa shape index (κ3) is 2.03. The predicted octanol–water partition coefficient (Wildman–Crippen LogP) is 4.86. The van der Waals surface area contributed by atoms with Crippen LogP contribution in [0.25, 0.3) is 0 Å². The molecule has 0 N–H and O–H groups in total. The van der Waals surface area contributed by atoms with E-state index in [0.717, 1.165) is 3.57 Å². The molecule has 3 aromatic carbocycles. The molecule has 3 aliphatic carbocycles. The largest absolute Gasteiger partial charge is 0.274 e. The van der Waals surface area contributed by atoms with Crippen LogP contribution in [0.1, 0.15) is 35.1 Å². The van der Waals surface area contributed by atoms with Gasteiger partial charge in [0.05, 0.1) is 17.5 Å². The van der Waals surface area contributed by atoms with E-state index in [-0.39, 0.29) is 29.6 Å². The molecule has 1 fully saturated rings. The second kappa shape index (κ2) is 5.79. The number of hydrogen-bond donors (Lipinski definition) is 0. The zero-order chi connectivity index (χ0) is 19.9. The van der Waals surface area contributed by atoms with E-state index in [4.69, 9.17) is 0 Å². The summed E-state index contributed by atoms with van der Waals surface area (Å²) in [7, 11) is 0. The van der Waals surface area contributed by atoms with Crippen LogP contribution in [0.15, 0.2) is 72.8 Å². The van der Waals surface area contributed by atoms with Crippen LogP contribution in [0.5, 0.6) is 0 Å². The number of hydrogen-bond acceptors (Lipinski definition) is 2. The van der Waals surface area contributed by atoms with Gasteiger partial charge in [-0.3, -0.25) is 9.59 Å². The van der Waals surface area contributed by atoms with E-state index in [1.807, 2.05) is 48.5 Å². The van der Waals surface area contributed by atoms with Gasteiger partial charge in [0.25, 0.3) is 0 Å². The topological polar surface area (TPSA) is 37.4 Å². The summed E-state index contributed by atoms with van der Waals surface area (Å²) in [6, 6.07) is 24.4. The SMILES string of the molecule is CC12c3ccccc3C(c3ccccc31)[C@@H]1C(=O)N(c3cccc(I)c3)C(=O)[C@@H]12. The lowest BCUT2D eigenvalue weighted by Gasteiger charge is -2.52. The number of rotatable bonds is 1.